The second kappa shape index (κ2) is 6.03. The van der Waals surface area contributed by atoms with Gasteiger partial charge in [0.05, 0.1) is 12.2 Å². The molecular formula is C15H18FN3O3S. The topological polar surface area (TPSA) is 73.2 Å². The highest BCUT2D eigenvalue weighted by atomic mass is 32.2. The molecule has 2 heterocycles. The maximum absolute atomic E-state index is 13.9. The maximum Gasteiger partial charge on any atom is 0.243 e. The van der Waals surface area contributed by atoms with Crippen molar-refractivity contribution in [2.45, 2.75) is 30.4 Å². The monoisotopic (exact) mass is 339 g/mol. The average molecular weight is 339 g/mol. The SMILES string of the molecule is Cc1ccc(F)c(S(=O)(=O)N[C@H]2CCO[C@@H]2c2cnn(C)c2)c1. The number of halogens is 1. The van der Waals surface area contributed by atoms with E-state index < -0.39 is 28.0 Å². The van der Waals surface area contributed by atoms with Crippen molar-refractivity contribution in [3.8, 4) is 0 Å². The van der Waals surface area contributed by atoms with Gasteiger partial charge >= 0.3 is 0 Å². The highest BCUT2D eigenvalue weighted by molar-refractivity contribution is 7.89. The number of rotatable bonds is 4. The number of aromatic nitrogens is 2. The van der Waals surface area contributed by atoms with Crippen LogP contribution in [0, 0.1) is 12.7 Å². The summed E-state index contributed by atoms with van der Waals surface area (Å²) in [4.78, 5) is -0.339. The van der Waals surface area contributed by atoms with E-state index in [0.29, 0.717) is 18.6 Å². The Labute approximate surface area is 134 Å². The zero-order valence-corrected chi connectivity index (χ0v) is 13.7. The minimum absolute atomic E-state index is 0.339. The van der Waals surface area contributed by atoms with Crippen LogP contribution in [0.25, 0.3) is 0 Å². The van der Waals surface area contributed by atoms with Crippen LogP contribution in [0.2, 0.25) is 0 Å². The molecular weight excluding hydrogens is 321 g/mol. The van der Waals surface area contributed by atoms with Gasteiger partial charge < -0.3 is 4.74 Å². The van der Waals surface area contributed by atoms with E-state index in [0.717, 1.165) is 11.6 Å². The summed E-state index contributed by atoms with van der Waals surface area (Å²) >= 11 is 0. The van der Waals surface area contributed by atoms with Gasteiger partial charge in [-0.05, 0) is 31.0 Å². The van der Waals surface area contributed by atoms with E-state index in [-0.39, 0.29) is 4.90 Å². The normalized spacial score (nSPS) is 21.7. The summed E-state index contributed by atoms with van der Waals surface area (Å²) in [5, 5.41) is 4.08. The summed E-state index contributed by atoms with van der Waals surface area (Å²) in [5.74, 6) is -0.764. The molecule has 6 nitrogen and oxygen atoms in total. The molecule has 1 N–H and O–H groups in total. The molecule has 1 aliphatic heterocycles. The lowest BCUT2D eigenvalue weighted by Crippen LogP contribution is -2.37. The molecule has 1 saturated heterocycles. The maximum atomic E-state index is 13.9. The predicted molar refractivity (Wildman–Crippen MR) is 81.8 cm³/mol. The fourth-order valence-corrected chi connectivity index (χ4v) is 4.14. The van der Waals surface area contributed by atoms with Crippen molar-refractivity contribution in [2.24, 2.45) is 7.05 Å². The number of nitrogens with one attached hydrogen (secondary N) is 1. The number of ether oxygens (including phenoxy) is 1. The number of nitrogens with zero attached hydrogens (tertiary/aromatic N) is 2. The summed E-state index contributed by atoms with van der Waals surface area (Å²) in [6.07, 6.45) is 3.52. The molecule has 1 fully saturated rings. The van der Waals surface area contributed by atoms with E-state index >= 15 is 0 Å². The number of hydrogen-bond donors (Lipinski definition) is 1. The van der Waals surface area contributed by atoms with Gasteiger partial charge in [0.2, 0.25) is 10.0 Å². The Morgan fingerprint density at radius 3 is 2.91 bits per heavy atom. The second-order valence-corrected chi connectivity index (χ2v) is 7.37. The third kappa shape index (κ3) is 3.29. The van der Waals surface area contributed by atoms with Crippen LogP contribution in [-0.2, 0) is 21.8 Å². The van der Waals surface area contributed by atoms with Gasteiger partial charge in [-0.15, -0.1) is 0 Å². The molecule has 8 heteroatoms. The third-order valence-electron chi connectivity index (χ3n) is 3.83. The fraction of sp³-hybridized carbons (Fsp3) is 0.400. The Morgan fingerprint density at radius 2 is 2.22 bits per heavy atom. The predicted octanol–water partition coefficient (Wildman–Crippen LogP) is 1.68. The highest BCUT2D eigenvalue weighted by Gasteiger charge is 2.34. The molecule has 1 aromatic heterocycles. The molecule has 0 amide bonds. The van der Waals surface area contributed by atoms with Crippen molar-refractivity contribution in [1.29, 1.82) is 0 Å². The summed E-state index contributed by atoms with van der Waals surface area (Å²) in [5.41, 5.74) is 1.47. The smallest absolute Gasteiger partial charge is 0.243 e. The van der Waals surface area contributed by atoms with Crippen molar-refractivity contribution >= 4 is 10.0 Å². The Bertz CT molecular complexity index is 819. The van der Waals surface area contributed by atoms with Crippen LogP contribution in [0.3, 0.4) is 0 Å². The van der Waals surface area contributed by atoms with Crippen LogP contribution in [0.1, 0.15) is 23.7 Å². The van der Waals surface area contributed by atoms with Crippen molar-refractivity contribution in [1.82, 2.24) is 14.5 Å². The molecule has 3 rings (SSSR count). The van der Waals surface area contributed by atoms with E-state index in [4.69, 9.17) is 4.74 Å². The minimum atomic E-state index is -3.96. The van der Waals surface area contributed by atoms with Crippen LogP contribution in [0.15, 0.2) is 35.5 Å². The fourth-order valence-electron chi connectivity index (χ4n) is 2.71. The number of benzene rings is 1. The van der Waals surface area contributed by atoms with E-state index in [9.17, 15) is 12.8 Å². The van der Waals surface area contributed by atoms with E-state index in [2.05, 4.69) is 9.82 Å². The molecule has 0 unspecified atom stereocenters. The summed E-state index contributed by atoms with van der Waals surface area (Å²) in [7, 11) is -2.19. The van der Waals surface area contributed by atoms with Crippen LogP contribution in [0.5, 0.6) is 0 Å². The third-order valence-corrected chi connectivity index (χ3v) is 5.33. The molecule has 1 aromatic carbocycles. The van der Waals surface area contributed by atoms with E-state index in [1.807, 2.05) is 0 Å². The quantitative estimate of drug-likeness (QED) is 0.920. The summed E-state index contributed by atoms with van der Waals surface area (Å²) in [6.45, 7) is 2.15. The Morgan fingerprint density at radius 1 is 1.43 bits per heavy atom. The van der Waals surface area contributed by atoms with Crippen molar-refractivity contribution in [3.63, 3.8) is 0 Å². The van der Waals surface area contributed by atoms with Gasteiger partial charge in [-0.1, -0.05) is 6.07 Å². The molecule has 0 radical (unpaired) electrons. The van der Waals surface area contributed by atoms with Gasteiger partial charge in [0, 0.05) is 25.4 Å². The van der Waals surface area contributed by atoms with Crippen molar-refractivity contribution in [3.05, 3.63) is 47.5 Å². The molecule has 0 aliphatic carbocycles. The van der Waals surface area contributed by atoms with Gasteiger partial charge in [-0.2, -0.15) is 5.10 Å². The largest absolute Gasteiger partial charge is 0.372 e. The first-order chi connectivity index (χ1) is 10.9. The second-order valence-electron chi connectivity index (χ2n) is 5.69. The Balaban J connectivity index is 1.86. The molecule has 2 aromatic rings. The first kappa shape index (κ1) is 16.1. The summed E-state index contributed by atoms with van der Waals surface area (Å²) < 4.78 is 48.8. The molecule has 2 atom stereocenters. The molecule has 124 valence electrons. The van der Waals surface area contributed by atoms with Crippen molar-refractivity contribution in [2.75, 3.05) is 6.61 Å². The Kier molecular flexibility index (Phi) is 4.22. The zero-order valence-electron chi connectivity index (χ0n) is 12.9. The van der Waals surface area contributed by atoms with E-state index in [1.165, 1.54) is 12.1 Å². The van der Waals surface area contributed by atoms with Gasteiger partial charge in [0.1, 0.15) is 16.8 Å². The van der Waals surface area contributed by atoms with Crippen LogP contribution >= 0.6 is 0 Å². The van der Waals surface area contributed by atoms with Crippen LogP contribution in [0.4, 0.5) is 4.39 Å². The number of sulfonamides is 1. The lowest BCUT2D eigenvalue weighted by atomic mass is 10.1. The Hall–Kier alpha value is -1.77. The molecule has 23 heavy (non-hydrogen) atoms. The number of aryl methyl sites for hydroxylation is 2. The molecule has 0 saturated carbocycles. The van der Waals surface area contributed by atoms with Gasteiger partial charge in [-0.25, -0.2) is 17.5 Å². The standard InChI is InChI=1S/C15H18FN3O3S/c1-10-3-4-12(16)14(7-10)23(20,21)18-13-5-6-22-15(13)11-8-17-19(2)9-11/h3-4,7-9,13,15,18H,5-6H2,1-2H3/t13-,15+/m0/s1. The summed E-state index contributed by atoms with van der Waals surface area (Å²) in [6, 6.07) is 3.56. The van der Waals surface area contributed by atoms with Gasteiger partial charge in [0.25, 0.3) is 0 Å². The zero-order chi connectivity index (χ0) is 16.6. The lowest BCUT2D eigenvalue weighted by Gasteiger charge is -2.19. The van der Waals surface area contributed by atoms with Gasteiger partial charge in [-0.3, -0.25) is 4.68 Å². The molecule has 1 aliphatic rings. The average Bonchev–Trinajstić information content (AvgIpc) is 3.09. The van der Waals surface area contributed by atoms with Crippen LogP contribution in [-0.4, -0.2) is 30.8 Å². The highest BCUT2D eigenvalue weighted by Crippen LogP contribution is 2.30. The van der Waals surface area contributed by atoms with Crippen molar-refractivity contribution < 1.29 is 17.5 Å². The molecule has 0 bridgehead atoms. The first-order valence-corrected chi connectivity index (χ1v) is 8.74. The van der Waals surface area contributed by atoms with Crippen LogP contribution < -0.4 is 4.72 Å². The molecule has 0 spiro atoms. The van der Waals surface area contributed by atoms with E-state index in [1.54, 1.807) is 31.0 Å². The number of hydrogen-bond acceptors (Lipinski definition) is 4. The van der Waals surface area contributed by atoms with Gasteiger partial charge in [0.15, 0.2) is 0 Å². The lowest BCUT2D eigenvalue weighted by molar-refractivity contribution is 0.102. The minimum Gasteiger partial charge on any atom is -0.372 e. The first-order valence-electron chi connectivity index (χ1n) is 7.25.